The zero-order chi connectivity index (χ0) is 18.8. The number of anilines is 1. The maximum absolute atomic E-state index is 13.5. The first-order valence-electron chi connectivity index (χ1n) is 7.90. The molecule has 0 saturated carbocycles. The van der Waals surface area contributed by atoms with Crippen molar-refractivity contribution in [2.24, 2.45) is 0 Å². The molecule has 0 spiro atoms. The molecule has 8 heteroatoms. The molecule has 2 aromatic heterocycles. The van der Waals surface area contributed by atoms with Gasteiger partial charge in [0.15, 0.2) is 16.8 Å². The first-order chi connectivity index (χ1) is 12.3. The van der Waals surface area contributed by atoms with Crippen LogP contribution in [0.15, 0.2) is 36.7 Å². The van der Waals surface area contributed by atoms with Gasteiger partial charge in [-0.15, -0.1) is 0 Å². The molecule has 0 radical (unpaired) electrons. The summed E-state index contributed by atoms with van der Waals surface area (Å²) in [4.78, 5) is 16.7. The van der Waals surface area contributed by atoms with Crippen LogP contribution in [-0.2, 0) is 6.54 Å². The molecular weight excluding hydrogens is 380 g/mol. The van der Waals surface area contributed by atoms with Gasteiger partial charge in [0.05, 0.1) is 6.20 Å². The third-order valence-electron chi connectivity index (χ3n) is 3.85. The van der Waals surface area contributed by atoms with Gasteiger partial charge in [0.1, 0.15) is 10.0 Å². The Bertz CT molecular complexity index is 952. The van der Waals surface area contributed by atoms with Crippen LogP contribution in [0, 0.1) is 11.6 Å². The van der Waals surface area contributed by atoms with Crippen molar-refractivity contribution in [1.29, 1.82) is 0 Å². The normalized spacial score (nSPS) is 11.2. The zero-order valence-electron chi connectivity index (χ0n) is 14.1. The Morgan fingerprint density at radius 2 is 2.08 bits per heavy atom. The van der Waals surface area contributed by atoms with Crippen LogP contribution < -0.4 is 5.32 Å². The summed E-state index contributed by atoms with van der Waals surface area (Å²) in [6, 6.07) is 5.49. The van der Waals surface area contributed by atoms with Crippen LogP contribution >= 0.6 is 22.9 Å². The molecule has 0 unspecified atom stereocenters. The number of hydrogen-bond donors (Lipinski definition) is 1. The third kappa shape index (κ3) is 4.11. The number of nitrogens with zero attached hydrogens (tertiary/aromatic N) is 2. The lowest BCUT2D eigenvalue weighted by Crippen LogP contribution is -2.17. The lowest BCUT2D eigenvalue weighted by atomic mass is 10.1. The summed E-state index contributed by atoms with van der Waals surface area (Å²) in [5.74, 6) is -1.95. The topological polar surface area (TPSA) is 46.9 Å². The Morgan fingerprint density at radius 3 is 2.69 bits per heavy atom. The van der Waals surface area contributed by atoms with Crippen LogP contribution in [0.5, 0.6) is 0 Å². The summed E-state index contributed by atoms with van der Waals surface area (Å²) in [5, 5.41) is 3.10. The lowest BCUT2D eigenvalue weighted by molar-refractivity contribution is 0.101. The van der Waals surface area contributed by atoms with Crippen molar-refractivity contribution < 1.29 is 13.6 Å². The van der Waals surface area contributed by atoms with Gasteiger partial charge in [-0.2, -0.15) is 0 Å². The molecule has 0 aliphatic rings. The summed E-state index contributed by atoms with van der Waals surface area (Å²) < 4.78 is 28.8. The van der Waals surface area contributed by atoms with Gasteiger partial charge in [-0.05, 0) is 35.2 Å². The molecule has 0 aliphatic carbocycles. The van der Waals surface area contributed by atoms with Crippen LogP contribution in [0.25, 0.3) is 0 Å². The minimum absolute atomic E-state index is 0.210. The molecule has 0 aliphatic heterocycles. The van der Waals surface area contributed by atoms with Gasteiger partial charge in [0.2, 0.25) is 0 Å². The number of rotatable bonds is 5. The Morgan fingerprint density at radius 1 is 1.31 bits per heavy atom. The van der Waals surface area contributed by atoms with Gasteiger partial charge in [0, 0.05) is 12.7 Å². The van der Waals surface area contributed by atoms with E-state index in [1.807, 2.05) is 20.0 Å². The largest absolute Gasteiger partial charge is 0.339 e. The van der Waals surface area contributed by atoms with Gasteiger partial charge in [-0.3, -0.25) is 10.1 Å². The van der Waals surface area contributed by atoms with E-state index in [4.69, 9.17) is 11.6 Å². The average molecular weight is 396 g/mol. The number of thiazole rings is 1. The number of benzene rings is 1. The predicted octanol–water partition coefficient (Wildman–Crippen LogP) is 5.30. The van der Waals surface area contributed by atoms with Crippen molar-refractivity contribution in [2.75, 3.05) is 5.32 Å². The fourth-order valence-electron chi connectivity index (χ4n) is 2.48. The molecule has 3 aromatic rings. The number of hydrogen-bond acceptors (Lipinski definition) is 3. The highest BCUT2D eigenvalue weighted by Crippen LogP contribution is 2.25. The fraction of sp³-hybridized carbons (Fsp3) is 0.222. The number of amides is 1. The van der Waals surface area contributed by atoms with Gasteiger partial charge >= 0.3 is 0 Å². The highest BCUT2D eigenvalue weighted by molar-refractivity contribution is 7.19. The highest BCUT2D eigenvalue weighted by atomic mass is 35.5. The van der Waals surface area contributed by atoms with E-state index in [2.05, 4.69) is 10.3 Å². The minimum atomic E-state index is -0.915. The quantitative estimate of drug-likeness (QED) is 0.637. The summed E-state index contributed by atoms with van der Waals surface area (Å²) in [6.07, 6.45) is 3.30. The van der Waals surface area contributed by atoms with E-state index in [0.717, 1.165) is 29.0 Å². The van der Waals surface area contributed by atoms with E-state index in [-0.39, 0.29) is 18.4 Å². The van der Waals surface area contributed by atoms with Crippen molar-refractivity contribution in [2.45, 2.75) is 26.3 Å². The van der Waals surface area contributed by atoms with Crippen LogP contribution in [-0.4, -0.2) is 15.5 Å². The summed E-state index contributed by atoms with van der Waals surface area (Å²) in [5.41, 5.74) is 1.93. The number of aromatic nitrogens is 2. The molecule has 136 valence electrons. The summed E-state index contributed by atoms with van der Waals surface area (Å²) in [7, 11) is 0. The van der Waals surface area contributed by atoms with E-state index in [1.165, 1.54) is 12.3 Å². The molecule has 0 atom stereocenters. The van der Waals surface area contributed by atoms with Crippen LogP contribution in [0.1, 0.15) is 41.4 Å². The molecule has 4 nitrogen and oxygen atoms in total. The standard InChI is InChI=1S/C18H16ClF2N3OS/c1-10(2)12-6-15(17(25)23-18-22-7-16(19)26-18)24(9-12)8-11-3-4-13(20)14(21)5-11/h3-7,9-10H,8H2,1-2H3,(H,22,23,25). The first kappa shape index (κ1) is 18.5. The van der Waals surface area contributed by atoms with Crippen LogP contribution in [0.2, 0.25) is 4.34 Å². The second kappa shape index (κ2) is 7.55. The Labute approximate surface area is 158 Å². The summed E-state index contributed by atoms with van der Waals surface area (Å²) in [6.45, 7) is 4.27. The van der Waals surface area contributed by atoms with Crippen molar-refractivity contribution in [3.63, 3.8) is 0 Å². The molecule has 1 amide bonds. The van der Waals surface area contributed by atoms with E-state index < -0.39 is 11.6 Å². The molecule has 0 fully saturated rings. The van der Waals surface area contributed by atoms with Gasteiger partial charge in [-0.25, -0.2) is 13.8 Å². The van der Waals surface area contributed by atoms with Crippen molar-refractivity contribution >= 4 is 34.0 Å². The molecule has 1 aromatic carbocycles. The third-order valence-corrected chi connectivity index (χ3v) is 4.88. The number of carbonyl (C=O) groups is 1. The predicted molar refractivity (Wildman–Crippen MR) is 99.1 cm³/mol. The molecule has 3 rings (SSSR count). The molecule has 0 bridgehead atoms. The van der Waals surface area contributed by atoms with Gasteiger partial charge in [0.25, 0.3) is 5.91 Å². The smallest absolute Gasteiger partial charge is 0.274 e. The number of nitrogens with one attached hydrogen (secondary N) is 1. The second-order valence-corrected chi connectivity index (χ2v) is 7.78. The van der Waals surface area contributed by atoms with E-state index in [0.29, 0.717) is 20.7 Å². The summed E-state index contributed by atoms with van der Waals surface area (Å²) >= 11 is 6.99. The SMILES string of the molecule is CC(C)c1cc(C(=O)Nc2ncc(Cl)s2)n(Cc2ccc(F)c(F)c2)c1. The van der Waals surface area contributed by atoms with Crippen LogP contribution in [0.3, 0.4) is 0 Å². The number of halogens is 3. The van der Waals surface area contributed by atoms with Crippen molar-refractivity contribution in [3.8, 4) is 0 Å². The Hall–Kier alpha value is -2.25. The highest BCUT2D eigenvalue weighted by Gasteiger charge is 2.17. The van der Waals surface area contributed by atoms with Crippen molar-refractivity contribution in [1.82, 2.24) is 9.55 Å². The first-order valence-corrected chi connectivity index (χ1v) is 9.09. The van der Waals surface area contributed by atoms with Crippen LogP contribution in [0.4, 0.5) is 13.9 Å². The lowest BCUT2D eigenvalue weighted by Gasteiger charge is -2.09. The second-order valence-electron chi connectivity index (χ2n) is 6.11. The van der Waals surface area contributed by atoms with E-state index in [9.17, 15) is 13.6 Å². The fourth-order valence-corrected chi connectivity index (χ4v) is 3.29. The zero-order valence-corrected chi connectivity index (χ0v) is 15.7. The average Bonchev–Trinajstić information content (AvgIpc) is 3.17. The van der Waals surface area contributed by atoms with Crippen molar-refractivity contribution in [3.05, 3.63) is 69.5 Å². The molecule has 26 heavy (non-hydrogen) atoms. The molecule has 2 heterocycles. The van der Waals surface area contributed by atoms with Gasteiger partial charge < -0.3 is 4.57 Å². The maximum Gasteiger partial charge on any atom is 0.274 e. The number of carbonyl (C=O) groups excluding carboxylic acids is 1. The van der Waals surface area contributed by atoms with E-state index in [1.54, 1.807) is 10.6 Å². The Balaban J connectivity index is 1.90. The maximum atomic E-state index is 13.5. The minimum Gasteiger partial charge on any atom is -0.339 e. The molecule has 0 saturated heterocycles. The molecule has 1 N–H and O–H groups in total. The van der Waals surface area contributed by atoms with E-state index >= 15 is 0 Å². The van der Waals surface area contributed by atoms with Gasteiger partial charge in [-0.1, -0.05) is 42.9 Å². The molecular formula is C18H16ClF2N3OS. The monoisotopic (exact) mass is 395 g/mol. The Kier molecular flexibility index (Phi) is 5.38.